The first-order valence-corrected chi connectivity index (χ1v) is 13.4. The van der Waals surface area contributed by atoms with Crippen LogP contribution in [0.3, 0.4) is 0 Å². The van der Waals surface area contributed by atoms with Crippen LogP contribution in [0.5, 0.6) is 5.75 Å². The van der Waals surface area contributed by atoms with Crippen LogP contribution in [0.2, 0.25) is 10.0 Å². The number of nitrogens with zero attached hydrogens (tertiary/aromatic N) is 2. The summed E-state index contributed by atoms with van der Waals surface area (Å²) >= 11 is 13.9. The van der Waals surface area contributed by atoms with Gasteiger partial charge in [-0.2, -0.15) is 0 Å². The third kappa shape index (κ3) is 6.38. The third-order valence-corrected chi connectivity index (χ3v) is 8.47. The molecule has 1 atom stereocenters. The quantitative estimate of drug-likeness (QED) is 0.374. The van der Waals surface area contributed by atoms with Crippen LogP contribution in [0.25, 0.3) is 0 Å². The number of thiophene rings is 1. The molecule has 2 N–H and O–H groups in total. The van der Waals surface area contributed by atoms with Gasteiger partial charge in [-0.15, -0.1) is 11.3 Å². The number of amides is 1. The monoisotopic (exact) mass is 532 g/mol. The minimum absolute atomic E-state index is 0.0157. The minimum Gasteiger partial charge on any atom is -0.508 e. The van der Waals surface area contributed by atoms with Gasteiger partial charge in [-0.3, -0.25) is 4.79 Å². The van der Waals surface area contributed by atoms with Crippen LogP contribution >= 0.6 is 34.5 Å². The standard InChI is InChI=1S/C27H30Cl2N2O3S/c1-30(26(33)25-3-2-16-35-25)18-20(19-4-9-23(28)24(29)17-19)10-13-31-14-11-27(34,12-15-31)21-5-7-22(32)8-6-21/h2-9,16-17,20,32,34H,10-15,18H2,1H3. The average molecular weight is 534 g/mol. The molecule has 1 aliphatic heterocycles. The van der Waals surface area contributed by atoms with Crippen molar-refractivity contribution in [1.29, 1.82) is 0 Å². The van der Waals surface area contributed by atoms with E-state index in [1.807, 2.05) is 42.8 Å². The summed E-state index contributed by atoms with van der Waals surface area (Å²) in [6.07, 6.45) is 2.11. The summed E-state index contributed by atoms with van der Waals surface area (Å²) < 4.78 is 0. The molecule has 186 valence electrons. The number of rotatable bonds is 8. The molecule has 1 saturated heterocycles. The number of piperidine rings is 1. The molecular weight excluding hydrogens is 503 g/mol. The molecule has 0 bridgehead atoms. The molecule has 1 fully saturated rings. The van der Waals surface area contributed by atoms with Crippen molar-refractivity contribution in [3.8, 4) is 5.75 Å². The van der Waals surface area contributed by atoms with E-state index in [1.165, 1.54) is 11.3 Å². The largest absolute Gasteiger partial charge is 0.508 e. The molecule has 4 rings (SSSR count). The molecule has 1 unspecified atom stereocenters. The van der Waals surface area contributed by atoms with Crippen molar-refractivity contribution in [3.63, 3.8) is 0 Å². The van der Waals surface area contributed by atoms with Gasteiger partial charge >= 0.3 is 0 Å². The summed E-state index contributed by atoms with van der Waals surface area (Å²) in [7, 11) is 1.84. The van der Waals surface area contributed by atoms with Crippen molar-refractivity contribution < 1.29 is 15.0 Å². The predicted molar refractivity (Wildman–Crippen MR) is 143 cm³/mol. The van der Waals surface area contributed by atoms with Gasteiger partial charge in [0.1, 0.15) is 5.75 Å². The van der Waals surface area contributed by atoms with Crippen molar-refractivity contribution in [3.05, 3.63) is 86.0 Å². The van der Waals surface area contributed by atoms with Gasteiger partial charge < -0.3 is 20.0 Å². The van der Waals surface area contributed by atoms with E-state index in [-0.39, 0.29) is 17.6 Å². The van der Waals surface area contributed by atoms with Gasteiger partial charge in [0.25, 0.3) is 5.91 Å². The van der Waals surface area contributed by atoms with Gasteiger partial charge in [-0.05, 0) is 72.6 Å². The summed E-state index contributed by atoms with van der Waals surface area (Å²) in [6, 6.07) is 16.3. The Morgan fingerprint density at radius 3 is 2.46 bits per heavy atom. The van der Waals surface area contributed by atoms with Gasteiger partial charge in [0.05, 0.1) is 20.5 Å². The molecule has 8 heteroatoms. The van der Waals surface area contributed by atoms with Crippen molar-refractivity contribution in [2.45, 2.75) is 30.8 Å². The van der Waals surface area contributed by atoms with E-state index in [0.717, 1.165) is 42.1 Å². The molecule has 0 aliphatic carbocycles. The first-order chi connectivity index (χ1) is 16.7. The van der Waals surface area contributed by atoms with E-state index in [9.17, 15) is 15.0 Å². The molecule has 1 amide bonds. The molecule has 2 heterocycles. The van der Waals surface area contributed by atoms with Gasteiger partial charge in [0.2, 0.25) is 0 Å². The smallest absolute Gasteiger partial charge is 0.263 e. The lowest BCUT2D eigenvalue weighted by Crippen LogP contribution is -2.43. The van der Waals surface area contributed by atoms with Crippen LogP contribution in [-0.2, 0) is 5.60 Å². The zero-order valence-corrected chi connectivity index (χ0v) is 22.0. The Morgan fingerprint density at radius 2 is 1.83 bits per heavy atom. The summed E-state index contributed by atoms with van der Waals surface area (Å²) in [5.74, 6) is 0.309. The van der Waals surface area contributed by atoms with Gasteiger partial charge in [-0.1, -0.05) is 47.5 Å². The summed E-state index contributed by atoms with van der Waals surface area (Å²) in [5.41, 5.74) is 1.03. The molecule has 3 aromatic rings. The van der Waals surface area contributed by atoms with Crippen LogP contribution in [-0.4, -0.2) is 59.1 Å². The number of aromatic hydroxyl groups is 1. The predicted octanol–water partition coefficient (Wildman–Crippen LogP) is 5.99. The number of phenols is 1. The molecule has 5 nitrogen and oxygen atoms in total. The SMILES string of the molecule is CN(CC(CCN1CCC(O)(c2ccc(O)cc2)CC1)c1ccc(Cl)c(Cl)c1)C(=O)c1cccs1. The third-order valence-electron chi connectivity index (χ3n) is 6.87. The highest BCUT2D eigenvalue weighted by Gasteiger charge is 2.34. The Bertz CT molecular complexity index is 1130. The molecule has 1 aromatic heterocycles. The number of halogens is 2. The molecular formula is C27H30Cl2N2O3S. The van der Waals surface area contributed by atoms with Crippen molar-refractivity contribution in [1.82, 2.24) is 9.80 Å². The van der Waals surface area contributed by atoms with Crippen molar-refractivity contribution in [2.75, 3.05) is 33.2 Å². The van der Waals surface area contributed by atoms with Gasteiger partial charge in [0, 0.05) is 32.6 Å². The van der Waals surface area contributed by atoms with E-state index >= 15 is 0 Å². The van der Waals surface area contributed by atoms with Crippen molar-refractivity contribution in [2.24, 2.45) is 0 Å². The second-order valence-corrected chi connectivity index (χ2v) is 11.0. The van der Waals surface area contributed by atoms with Crippen LogP contribution in [0.4, 0.5) is 0 Å². The van der Waals surface area contributed by atoms with Crippen molar-refractivity contribution >= 4 is 40.4 Å². The van der Waals surface area contributed by atoms with Crippen LogP contribution in [0.15, 0.2) is 60.0 Å². The molecule has 0 radical (unpaired) electrons. The molecule has 1 aliphatic rings. The lowest BCUT2D eigenvalue weighted by Gasteiger charge is -2.39. The number of aliphatic hydroxyl groups is 1. The second-order valence-electron chi connectivity index (χ2n) is 9.24. The summed E-state index contributed by atoms with van der Waals surface area (Å²) in [6.45, 7) is 2.96. The highest BCUT2D eigenvalue weighted by atomic mass is 35.5. The Hall–Kier alpha value is -2.09. The number of hydrogen-bond donors (Lipinski definition) is 2. The van der Waals surface area contributed by atoms with E-state index in [0.29, 0.717) is 29.4 Å². The topological polar surface area (TPSA) is 64.0 Å². The van der Waals surface area contributed by atoms with E-state index in [2.05, 4.69) is 4.90 Å². The van der Waals surface area contributed by atoms with Crippen LogP contribution in [0, 0.1) is 0 Å². The number of carbonyl (C=O) groups excluding carboxylic acids is 1. The van der Waals surface area contributed by atoms with E-state index in [4.69, 9.17) is 23.2 Å². The van der Waals surface area contributed by atoms with Gasteiger partial charge in [-0.25, -0.2) is 0 Å². The number of likely N-dealkylation sites (tertiary alicyclic amines) is 1. The Kier molecular flexibility index (Phi) is 8.40. The Morgan fingerprint density at radius 1 is 1.11 bits per heavy atom. The van der Waals surface area contributed by atoms with E-state index in [1.54, 1.807) is 29.2 Å². The number of hydrogen-bond acceptors (Lipinski definition) is 5. The summed E-state index contributed by atoms with van der Waals surface area (Å²) in [5, 5.41) is 23.6. The number of benzene rings is 2. The van der Waals surface area contributed by atoms with Gasteiger partial charge in [0.15, 0.2) is 0 Å². The molecule has 0 spiro atoms. The molecule has 35 heavy (non-hydrogen) atoms. The Balaban J connectivity index is 1.41. The zero-order chi connectivity index (χ0) is 25.0. The lowest BCUT2D eigenvalue weighted by molar-refractivity contribution is -0.0264. The first-order valence-electron chi connectivity index (χ1n) is 11.7. The number of likely N-dealkylation sites (N-methyl/N-ethyl adjacent to an activating group) is 1. The fourth-order valence-electron chi connectivity index (χ4n) is 4.68. The maximum atomic E-state index is 12.9. The fraction of sp³-hybridized carbons (Fsp3) is 0.370. The minimum atomic E-state index is -0.874. The first kappa shape index (κ1) is 26.0. The summed E-state index contributed by atoms with van der Waals surface area (Å²) in [4.78, 5) is 17.7. The maximum absolute atomic E-state index is 12.9. The molecule has 0 saturated carbocycles. The fourth-order valence-corrected chi connectivity index (χ4v) is 5.70. The highest BCUT2D eigenvalue weighted by Crippen LogP contribution is 2.34. The van der Waals surface area contributed by atoms with Crippen LogP contribution in [0.1, 0.15) is 46.0 Å². The number of carbonyl (C=O) groups is 1. The molecule has 2 aromatic carbocycles. The number of phenolic OH excluding ortho intramolecular Hbond substituents is 1. The highest BCUT2D eigenvalue weighted by molar-refractivity contribution is 7.12. The van der Waals surface area contributed by atoms with E-state index < -0.39 is 5.60 Å². The lowest BCUT2D eigenvalue weighted by atomic mass is 9.84. The normalized spacial score (nSPS) is 16.7. The zero-order valence-electron chi connectivity index (χ0n) is 19.7. The maximum Gasteiger partial charge on any atom is 0.263 e. The van der Waals surface area contributed by atoms with Crippen LogP contribution < -0.4 is 0 Å². The Labute approximate surface area is 220 Å². The average Bonchev–Trinajstić information content (AvgIpc) is 3.39. The second kappa shape index (κ2) is 11.3.